The molecule has 0 radical (unpaired) electrons. The maximum atomic E-state index is 10.6. The van der Waals surface area contributed by atoms with Gasteiger partial charge in [-0.25, -0.2) is 9.59 Å². The van der Waals surface area contributed by atoms with Gasteiger partial charge in [0.1, 0.15) is 0 Å². The topological polar surface area (TPSA) is 104 Å². The monoisotopic (exact) mass is 214 g/mol. The molecular weight excluding hydrogens is 204 g/mol. The predicted octanol–water partition coefficient (Wildman–Crippen LogP) is -1.22. The Bertz CT molecular complexity index is 182. The van der Waals surface area contributed by atoms with Crippen molar-refractivity contribution in [1.29, 1.82) is 0 Å². The first-order valence-electron chi connectivity index (χ1n) is 3.26. The molecule has 0 rings (SSSR count). The Hall–Kier alpha value is -0.850. The van der Waals surface area contributed by atoms with Crippen molar-refractivity contribution in [2.75, 3.05) is 6.61 Å². The molecule has 6 nitrogen and oxygen atoms in total. The number of aliphatic hydroxyl groups is 2. The number of aliphatic carboxylic acids is 1. The number of carboxylic acid groups (broad SMARTS) is 1. The van der Waals surface area contributed by atoms with Crippen molar-refractivity contribution in [3.05, 3.63) is 0 Å². The molecule has 0 amide bonds. The van der Waals surface area contributed by atoms with Crippen LogP contribution in [-0.2, 0) is 14.3 Å². The fourth-order valence-electron chi connectivity index (χ4n) is 0.492. The number of carbonyl (C=O) groups is 2. The Labute approximate surface area is 80.5 Å². The minimum atomic E-state index is -2.14. The van der Waals surface area contributed by atoms with Crippen molar-refractivity contribution in [2.24, 2.45) is 0 Å². The van der Waals surface area contributed by atoms with Crippen LogP contribution in [0.25, 0.3) is 0 Å². The highest BCUT2D eigenvalue weighted by atomic mass is 35.5. The molecule has 0 aromatic heterocycles. The Morgan fingerprint density at radius 3 is 2.08 bits per heavy atom. The second-order valence-electron chi connectivity index (χ2n) is 1.98. The third kappa shape index (κ3) is 4.66. The second kappa shape index (κ2) is 6.64. The minimum Gasteiger partial charge on any atom is -0.479 e. The zero-order valence-electron chi connectivity index (χ0n) is 6.84. The average Bonchev–Trinajstić information content (AvgIpc) is 2.02. The maximum absolute atomic E-state index is 10.6. The number of hydrogen-bond acceptors (Lipinski definition) is 5. The Balaban J connectivity index is 0. The van der Waals surface area contributed by atoms with Crippen LogP contribution in [0.15, 0.2) is 0 Å². The molecule has 0 aliphatic heterocycles. The van der Waals surface area contributed by atoms with Crippen LogP contribution in [-0.4, -0.2) is 46.1 Å². The molecular formula is C6H11ClO6. The van der Waals surface area contributed by atoms with Crippen molar-refractivity contribution in [2.45, 2.75) is 19.1 Å². The van der Waals surface area contributed by atoms with E-state index in [1.54, 1.807) is 0 Å². The summed E-state index contributed by atoms with van der Waals surface area (Å²) in [7, 11) is 0. The van der Waals surface area contributed by atoms with Gasteiger partial charge in [-0.05, 0) is 6.92 Å². The molecule has 3 N–H and O–H groups in total. The van der Waals surface area contributed by atoms with Gasteiger partial charge in [0.25, 0.3) is 0 Å². The summed E-state index contributed by atoms with van der Waals surface area (Å²) in [5.74, 6) is -2.82. The highest BCUT2D eigenvalue weighted by molar-refractivity contribution is 5.85. The molecule has 2 unspecified atom stereocenters. The van der Waals surface area contributed by atoms with E-state index in [0.717, 1.165) is 0 Å². The molecule has 0 bridgehead atoms. The van der Waals surface area contributed by atoms with E-state index in [0.29, 0.717) is 0 Å². The second-order valence-corrected chi connectivity index (χ2v) is 1.98. The molecule has 78 valence electrons. The molecule has 2 atom stereocenters. The number of ether oxygens (including phenoxy) is 1. The van der Waals surface area contributed by atoms with E-state index in [1.807, 2.05) is 0 Å². The lowest BCUT2D eigenvalue weighted by atomic mass is 10.2. The summed E-state index contributed by atoms with van der Waals surface area (Å²) >= 11 is 0. The molecule has 0 saturated carbocycles. The molecule has 0 fully saturated rings. The molecule has 0 heterocycles. The van der Waals surface area contributed by atoms with E-state index < -0.39 is 24.1 Å². The molecule has 13 heavy (non-hydrogen) atoms. The summed E-state index contributed by atoms with van der Waals surface area (Å²) in [6.45, 7) is 1.51. The van der Waals surface area contributed by atoms with E-state index in [9.17, 15) is 9.59 Å². The highest BCUT2D eigenvalue weighted by Gasteiger charge is 2.30. The first kappa shape index (κ1) is 14.7. The van der Waals surface area contributed by atoms with Crippen LogP contribution in [0, 0.1) is 0 Å². The van der Waals surface area contributed by atoms with Crippen LogP contribution < -0.4 is 0 Å². The van der Waals surface area contributed by atoms with Gasteiger partial charge in [0, 0.05) is 0 Å². The molecule has 0 aliphatic rings. The summed E-state index contributed by atoms with van der Waals surface area (Å²) in [6, 6.07) is 0. The number of hydrogen-bond donors (Lipinski definition) is 3. The molecule has 7 heteroatoms. The highest BCUT2D eigenvalue weighted by Crippen LogP contribution is 1.96. The third-order valence-corrected chi connectivity index (χ3v) is 1.08. The van der Waals surface area contributed by atoms with E-state index in [-0.39, 0.29) is 19.0 Å². The summed E-state index contributed by atoms with van der Waals surface area (Å²) in [5.41, 5.74) is 0. The smallest absolute Gasteiger partial charge is 0.338 e. The number of carboxylic acids is 1. The van der Waals surface area contributed by atoms with E-state index >= 15 is 0 Å². The third-order valence-electron chi connectivity index (χ3n) is 1.08. The quantitative estimate of drug-likeness (QED) is 0.507. The number of halogens is 1. The first-order valence-corrected chi connectivity index (χ1v) is 3.26. The van der Waals surface area contributed by atoms with Crippen molar-refractivity contribution in [3.8, 4) is 0 Å². The number of rotatable bonds is 4. The van der Waals surface area contributed by atoms with Crippen molar-refractivity contribution >= 4 is 24.3 Å². The van der Waals surface area contributed by atoms with Gasteiger partial charge >= 0.3 is 11.9 Å². The Morgan fingerprint density at radius 2 is 1.77 bits per heavy atom. The Kier molecular flexibility index (Phi) is 7.49. The van der Waals surface area contributed by atoms with Crippen LogP contribution in [0.2, 0.25) is 0 Å². The first-order chi connectivity index (χ1) is 5.50. The molecule has 0 aromatic carbocycles. The fourth-order valence-corrected chi connectivity index (χ4v) is 0.492. The molecule has 0 spiro atoms. The van der Waals surface area contributed by atoms with Gasteiger partial charge in [-0.15, -0.1) is 12.4 Å². The van der Waals surface area contributed by atoms with E-state index in [2.05, 4.69) is 4.74 Å². The lowest BCUT2D eigenvalue weighted by molar-refractivity contribution is -0.169. The van der Waals surface area contributed by atoms with Crippen LogP contribution in [0.1, 0.15) is 6.92 Å². The number of carbonyl (C=O) groups excluding carboxylic acids is 1. The van der Waals surface area contributed by atoms with Gasteiger partial charge in [-0.2, -0.15) is 0 Å². The largest absolute Gasteiger partial charge is 0.479 e. The molecule has 0 aromatic rings. The van der Waals surface area contributed by atoms with Gasteiger partial charge in [0.15, 0.2) is 12.2 Å². The summed E-state index contributed by atoms with van der Waals surface area (Å²) in [6.07, 6.45) is -4.16. The van der Waals surface area contributed by atoms with Gasteiger partial charge in [0.05, 0.1) is 6.61 Å². The maximum Gasteiger partial charge on any atom is 0.338 e. The minimum absolute atomic E-state index is 0. The van der Waals surface area contributed by atoms with Gasteiger partial charge in [-0.3, -0.25) is 0 Å². The van der Waals surface area contributed by atoms with E-state index in [4.69, 9.17) is 15.3 Å². The standard InChI is InChI=1S/C6H10O6.ClH/c1-2-12-6(11)4(8)3(7)5(9)10;/h3-4,7-8H,2H2,1H3,(H,9,10);1H. The van der Waals surface area contributed by atoms with Crippen LogP contribution in [0.3, 0.4) is 0 Å². The normalized spacial score (nSPS) is 13.8. The van der Waals surface area contributed by atoms with Crippen LogP contribution in [0.5, 0.6) is 0 Å². The average molecular weight is 215 g/mol. The predicted molar refractivity (Wildman–Crippen MR) is 43.5 cm³/mol. The zero-order chi connectivity index (χ0) is 9.72. The van der Waals surface area contributed by atoms with E-state index in [1.165, 1.54) is 6.92 Å². The lowest BCUT2D eigenvalue weighted by Gasteiger charge is -2.11. The van der Waals surface area contributed by atoms with Gasteiger partial charge in [-0.1, -0.05) is 0 Å². The van der Waals surface area contributed by atoms with Gasteiger partial charge in [0.2, 0.25) is 0 Å². The summed E-state index contributed by atoms with van der Waals surface area (Å²) in [4.78, 5) is 20.6. The van der Waals surface area contributed by atoms with Crippen molar-refractivity contribution in [1.82, 2.24) is 0 Å². The number of esters is 1. The summed E-state index contributed by atoms with van der Waals surface area (Å²) < 4.78 is 4.26. The SMILES string of the molecule is CCOC(=O)C(O)C(O)C(=O)O.Cl. The Morgan fingerprint density at radius 1 is 1.31 bits per heavy atom. The van der Waals surface area contributed by atoms with Gasteiger partial charge < -0.3 is 20.1 Å². The van der Waals surface area contributed by atoms with Crippen molar-refractivity contribution < 1.29 is 29.6 Å². The number of aliphatic hydroxyl groups excluding tert-OH is 2. The van der Waals surface area contributed by atoms with Crippen LogP contribution >= 0.6 is 12.4 Å². The molecule has 0 saturated heterocycles. The van der Waals surface area contributed by atoms with Crippen LogP contribution in [0.4, 0.5) is 0 Å². The lowest BCUT2D eigenvalue weighted by Crippen LogP contribution is -2.40. The van der Waals surface area contributed by atoms with Crippen molar-refractivity contribution in [3.63, 3.8) is 0 Å². The molecule has 0 aliphatic carbocycles. The summed E-state index contributed by atoms with van der Waals surface area (Å²) in [5, 5.41) is 25.6. The zero-order valence-corrected chi connectivity index (χ0v) is 7.65. The fraction of sp³-hybridized carbons (Fsp3) is 0.667.